The summed E-state index contributed by atoms with van der Waals surface area (Å²) >= 11 is 0. The molecule has 0 fully saturated rings. The summed E-state index contributed by atoms with van der Waals surface area (Å²) in [5.74, 6) is 0. The molecule has 1 aromatic heterocycles. The van der Waals surface area contributed by atoms with Crippen LogP contribution in [0.4, 0.5) is 17.1 Å². The highest BCUT2D eigenvalue weighted by molar-refractivity contribution is 6.23. The van der Waals surface area contributed by atoms with Crippen LogP contribution in [0.5, 0.6) is 0 Å². The Kier molecular flexibility index (Phi) is 9.11. The molecule has 1 aliphatic carbocycles. The van der Waals surface area contributed by atoms with E-state index in [1.54, 1.807) is 0 Å². The van der Waals surface area contributed by atoms with Gasteiger partial charge in [0.1, 0.15) is 11.2 Å². The van der Waals surface area contributed by atoms with Crippen molar-refractivity contribution in [2.75, 3.05) is 4.90 Å². The second-order valence-electron chi connectivity index (χ2n) is 17.5. The minimum absolute atomic E-state index is 0.496. The van der Waals surface area contributed by atoms with E-state index in [1.807, 2.05) is 0 Å². The van der Waals surface area contributed by atoms with Gasteiger partial charge in [-0.15, -0.1) is 0 Å². The third kappa shape index (κ3) is 6.11. The van der Waals surface area contributed by atoms with Gasteiger partial charge in [0.15, 0.2) is 0 Å². The van der Waals surface area contributed by atoms with Crippen molar-refractivity contribution in [3.63, 3.8) is 0 Å². The Morgan fingerprint density at radius 3 is 1.57 bits per heavy atom. The Bertz CT molecular complexity index is 3740. The van der Waals surface area contributed by atoms with E-state index < -0.39 is 5.41 Å². The molecule has 0 saturated carbocycles. The van der Waals surface area contributed by atoms with E-state index in [2.05, 4.69) is 266 Å². The van der Waals surface area contributed by atoms with E-state index in [0.717, 1.165) is 55.3 Å². The van der Waals surface area contributed by atoms with Gasteiger partial charge in [-0.25, -0.2) is 0 Å². The molecule has 0 atom stereocenters. The summed E-state index contributed by atoms with van der Waals surface area (Å²) in [7, 11) is 0. The maximum atomic E-state index is 6.97. The van der Waals surface area contributed by atoms with Crippen LogP contribution in [0.1, 0.15) is 22.3 Å². The van der Waals surface area contributed by atoms with Crippen molar-refractivity contribution in [3.05, 3.63) is 283 Å². The van der Waals surface area contributed by atoms with Crippen LogP contribution < -0.4 is 4.90 Å². The maximum Gasteiger partial charge on any atom is 0.143 e. The van der Waals surface area contributed by atoms with Crippen molar-refractivity contribution in [2.45, 2.75) is 5.41 Å². The zero-order chi connectivity index (χ0) is 44.3. The third-order valence-corrected chi connectivity index (χ3v) is 14.0. The molecule has 11 aromatic carbocycles. The fourth-order valence-corrected chi connectivity index (χ4v) is 11.1. The molecule has 0 saturated heterocycles. The summed E-state index contributed by atoms with van der Waals surface area (Å²) < 4.78 is 6.97. The smallest absolute Gasteiger partial charge is 0.143 e. The molecule has 0 aliphatic heterocycles. The Labute approximate surface area is 390 Å². The van der Waals surface area contributed by atoms with E-state index in [1.165, 1.54) is 61.2 Å². The van der Waals surface area contributed by atoms with Gasteiger partial charge in [0.25, 0.3) is 0 Å². The second-order valence-corrected chi connectivity index (χ2v) is 17.5. The summed E-state index contributed by atoms with van der Waals surface area (Å²) in [6, 6.07) is 94.9. The highest BCUT2D eigenvalue weighted by Crippen LogP contribution is 2.57. The first kappa shape index (κ1) is 38.7. The molecule has 2 nitrogen and oxygen atoms in total. The summed E-state index contributed by atoms with van der Waals surface area (Å²) in [6.45, 7) is 0. The van der Waals surface area contributed by atoms with Gasteiger partial charge in [-0.05, 0) is 121 Å². The number of rotatable bonds is 8. The lowest BCUT2D eigenvalue weighted by Gasteiger charge is -2.34. The lowest BCUT2D eigenvalue weighted by Crippen LogP contribution is -2.28. The van der Waals surface area contributed by atoms with Crippen LogP contribution in [0.3, 0.4) is 0 Å². The predicted octanol–water partition coefficient (Wildman–Crippen LogP) is 17.6. The number of anilines is 3. The quantitative estimate of drug-likeness (QED) is 0.151. The van der Waals surface area contributed by atoms with Crippen molar-refractivity contribution in [2.24, 2.45) is 0 Å². The molecule has 1 aliphatic rings. The number of furan rings is 1. The van der Waals surface area contributed by atoms with Crippen LogP contribution in [0.25, 0.3) is 77.2 Å². The molecule has 12 aromatic rings. The van der Waals surface area contributed by atoms with Crippen molar-refractivity contribution < 1.29 is 4.42 Å². The number of para-hydroxylation sites is 1. The van der Waals surface area contributed by atoms with E-state index >= 15 is 0 Å². The maximum absolute atomic E-state index is 6.97. The number of fused-ring (bicyclic) bond motifs is 8. The molecule has 0 amide bonds. The molecular formula is C65H43NO. The zero-order valence-electron chi connectivity index (χ0n) is 36.7. The van der Waals surface area contributed by atoms with Crippen molar-refractivity contribution >= 4 is 49.8 Å². The second kappa shape index (κ2) is 15.8. The van der Waals surface area contributed by atoms with Gasteiger partial charge in [0, 0.05) is 22.1 Å². The number of nitrogens with zero attached hydrogens (tertiary/aromatic N) is 1. The Balaban J connectivity index is 1.03. The first-order valence-corrected chi connectivity index (χ1v) is 23.1. The van der Waals surface area contributed by atoms with Crippen LogP contribution in [-0.4, -0.2) is 0 Å². The number of hydrogen-bond donors (Lipinski definition) is 0. The zero-order valence-corrected chi connectivity index (χ0v) is 36.7. The molecule has 0 N–H and O–H groups in total. The molecule has 2 heteroatoms. The van der Waals surface area contributed by atoms with Gasteiger partial charge < -0.3 is 9.32 Å². The summed E-state index contributed by atoms with van der Waals surface area (Å²) in [4.78, 5) is 2.36. The Hall–Kier alpha value is -8.72. The van der Waals surface area contributed by atoms with E-state index in [4.69, 9.17) is 4.42 Å². The standard InChI is InChI=1S/C65H43NO/c1-5-20-44(21-6-1)45-36-39-50(40-37-45)66(49-26-11-4-12-27-49)61-34-19-35-62-63(61)58-43-57(53-30-15-16-32-56(53)64(58)67-62)52-29-14-13-28-51(52)46-38-41-55-54-31-17-18-33-59(54)65(60(55)42-46,47-22-7-2-8-23-47)48-24-9-3-10-25-48/h1-43H. The topological polar surface area (TPSA) is 16.4 Å². The molecule has 314 valence electrons. The predicted molar refractivity (Wildman–Crippen MR) is 280 cm³/mol. The van der Waals surface area contributed by atoms with Gasteiger partial charge in [-0.3, -0.25) is 0 Å². The van der Waals surface area contributed by atoms with Crippen LogP contribution in [0, 0.1) is 0 Å². The molecule has 0 unspecified atom stereocenters. The Morgan fingerprint density at radius 1 is 0.313 bits per heavy atom. The fraction of sp³-hybridized carbons (Fsp3) is 0.0154. The average Bonchev–Trinajstić information content (AvgIpc) is 3.94. The lowest BCUT2D eigenvalue weighted by atomic mass is 9.67. The van der Waals surface area contributed by atoms with E-state index in [9.17, 15) is 0 Å². The lowest BCUT2D eigenvalue weighted by molar-refractivity contribution is 0.672. The van der Waals surface area contributed by atoms with Gasteiger partial charge in [0.05, 0.1) is 16.5 Å². The SMILES string of the molecule is c1ccc(-c2ccc(N(c3ccccc3)c3cccc4oc5c6ccccc6c(-c6ccccc6-c6ccc7c(c6)C(c6ccccc6)(c6ccccc6)c6ccccc6-7)cc5c34)cc2)cc1. The van der Waals surface area contributed by atoms with Gasteiger partial charge in [-0.1, -0.05) is 212 Å². The van der Waals surface area contributed by atoms with Crippen molar-refractivity contribution in [1.82, 2.24) is 0 Å². The summed E-state index contributed by atoms with van der Waals surface area (Å²) in [5, 5.41) is 4.38. The van der Waals surface area contributed by atoms with E-state index in [-0.39, 0.29) is 0 Å². The minimum Gasteiger partial charge on any atom is -0.455 e. The monoisotopic (exact) mass is 853 g/mol. The molecule has 13 rings (SSSR count). The van der Waals surface area contributed by atoms with Gasteiger partial charge in [0.2, 0.25) is 0 Å². The molecular weight excluding hydrogens is 811 g/mol. The minimum atomic E-state index is -0.496. The van der Waals surface area contributed by atoms with Crippen LogP contribution in [-0.2, 0) is 5.41 Å². The summed E-state index contributed by atoms with van der Waals surface area (Å²) in [5.41, 5.74) is 19.2. The third-order valence-electron chi connectivity index (χ3n) is 14.0. The van der Waals surface area contributed by atoms with Crippen molar-refractivity contribution in [1.29, 1.82) is 0 Å². The first-order valence-electron chi connectivity index (χ1n) is 23.1. The highest BCUT2D eigenvalue weighted by Gasteiger charge is 2.46. The normalized spacial score (nSPS) is 12.6. The number of benzene rings is 11. The average molecular weight is 854 g/mol. The molecule has 1 heterocycles. The van der Waals surface area contributed by atoms with E-state index in [0.29, 0.717) is 0 Å². The molecule has 67 heavy (non-hydrogen) atoms. The molecule has 0 bridgehead atoms. The largest absolute Gasteiger partial charge is 0.455 e. The van der Waals surface area contributed by atoms with Gasteiger partial charge >= 0.3 is 0 Å². The summed E-state index contributed by atoms with van der Waals surface area (Å²) in [6.07, 6.45) is 0. The fourth-order valence-electron chi connectivity index (χ4n) is 11.1. The first-order chi connectivity index (χ1) is 33.3. The highest BCUT2D eigenvalue weighted by atomic mass is 16.3. The van der Waals surface area contributed by atoms with Gasteiger partial charge in [-0.2, -0.15) is 0 Å². The van der Waals surface area contributed by atoms with Crippen LogP contribution in [0.15, 0.2) is 265 Å². The van der Waals surface area contributed by atoms with Crippen molar-refractivity contribution in [3.8, 4) is 44.5 Å². The number of hydrogen-bond acceptors (Lipinski definition) is 2. The Morgan fingerprint density at radius 2 is 0.851 bits per heavy atom. The molecule has 0 radical (unpaired) electrons. The molecule has 0 spiro atoms. The van der Waals surface area contributed by atoms with Crippen LogP contribution >= 0.6 is 0 Å². The van der Waals surface area contributed by atoms with Crippen LogP contribution in [0.2, 0.25) is 0 Å².